The van der Waals surface area contributed by atoms with Gasteiger partial charge >= 0.3 is 0 Å². The molecule has 3 rings (SSSR count). The third-order valence-electron chi connectivity index (χ3n) is 3.17. The first-order valence-electron chi connectivity index (χ1n) is 6.55. The summed E-state index contributed by atoms with van der Waals surface area (Å²) in [4.78, 5) is 8.56. The van der Waals surface area contributed by atoms with Gasteiger partial charge in [0.1, 0.15) is 12.3 Å². The molecule has 0 radical (unpaired) electrons. The Morgan fingerprint density at radius 1 is 1.19 bits per heavy atom. The average Bonchev–Trinajstić information content (AvgIpc) is 3.05. The average molecular weight is 284 g/mol. The summed E-state index contributed by atoms with van der Waals surface area (Å²) in [6.07, 6.45) is 3.45. The fourth-order valence-electron chi connectivity index (χ4n) is 2.05. The Hall–Kier alpha value is -2.54. The topological polar surface area (TPSA) is 70.7 Å². The molecule has 0 N–H and O–H groups in total. The molecule has 0 spiro atoms. The minimum Gasteiger partial charge on any atom is -0.377 e. The van der Waals surface area contributed by atoms with Gasteiger partial charge in [0.25, 0.3) is 0 Å². The van der Waals surface area contributed by atoms with Crippen molar-refractivity contribution in [2.24, 2.45) is 7.05 Å². The molecule has 0 aromatic carbocycles. The van der Waals surface area contributed by atoms with E-state index in [1.54, 1.807) is 24.2 Å². The number of rotatable bonds is 4. The summed E-state index contributed by atoms with van der Waals surface area (Å²) in [6.45, 7) is 2.36. The molecule has 108 valence electrons. The van der Waals surface area contributed by atoms with Crippen LogP contribution in [-0.2, 0) is 18.4 Å². The van der Waals surface area contributed by atoms with Gasteiger partial charge in [0.05, 0.1) is 5.69 Å². The maximum absolute atomic E-state index is 5.12. The van der Waals surface area contributed by atoms with E-state index in [-0.39, 0.29) is 0 Å². The molecule has 0 amide bonds. The summed E-state index contributed by atoms with van der Waals surface area (Å²) in [5, 5.41) is 8.97. The van der Waals surface area contributed by atoms with Gasteiger partial charge in [-0.2, -0.15) is 5.10 Å². The summed E-state index contributed by atoms with van der Waals surface area (Å²) in [6, 6.07) is 5.74. The predicted octanol–water partition coefficient (Wildman–Crippen LogP) is 1.52. The van der Waals surface area contributed by atoms with Gasteiger partial charge in [-0.15, -0.1) is 5.10 Å². The standard InChI is InChI=1S/C14H16N6O/c1-10-8-12(17-19(10)2)14-16-13(9-21-3)18-20(14)11-4-6-15-7-5-11/h4-8H,9H2,1-3H3. The highest BCUT2D eigenvalue weighted by Crippen LogP contribution is 2.20. The van der Waals surface area contributed by atoms with E-state index in [4.69, 9.17) is 4.74 Å². The Bertz CT molecular complexity index is 727. The lowest BCUT2D eigenvalue weighted by molar-refractivity contribution is 0.178. The summed E-state index contributed by atoms with van der Waals surface area (Å²) < 4.78 is 8.70. The molecule has 0 aliphatic heterocycles. The van der Waals surface area contributed by atoms with E-state index < -0.39 is 0 Å². The van der Waals surface area contributed by atoms with E-state index in [1.807, 2.05) is 36.9 Å². The lowest BCUT2D eigenvalue weighted by Gasteiger charge is -2.02. The van der Waals surface area contributed by atoms with Crippen LogP contribution in [0.5, 0.6) is 0 Å². The Labute approximate surface area is 122 Å². The van der Waals surface area contributed by atoms with Gasteiger partial charge in [-0.25, -0.2) is 9.67 Å². The van der Waals surface area contributed by atoms with Crippen molar-refractivity contribution in [1.29, 1.82) is 0 Å². The van der Waals surface area contributed by atoms with Gasteiger partial charge in [-0.05, 0) is 25.1 Å². The van der Waals surface area contributed by atoms with Crippen molar-refractivity contribution < 1.29 is 4.74 Å². The van der Waals surface area contributed by atoms with Crippen LogP contribution in [0.3, 0.4) is 0 Å². The van der Waals surface area contributed by atoms with Gasteiger partial charge in [0.15, 0.2) is 11.6 Å². The van der Waals surface area contributed by atoms with Crippen LogP contribution in [0.25, 0.3) is 17.2 Å². The lowest BCUT2D eigenvalue weighted by Crippen LogP contribution is -2.01. The molecule has 3 aromatic rings. The third kappa shape index (κ3) is 2.55. The minimum atomic E-state index is 0.358. The van der Waals surface area contributed by atoms with Crippen molar-refractivity contribution in [3.63, 3.8) is 0 Å². The quantitative estimate of drug-likeness (QED) is 0.726. The molecule has 0 saturated carbocycles. The summed E-state index contributed by atoms with van der Waals surface area (Å²) in [5.41, 5.74) is 2.72. The molecule has 3 aromatic heterocycles. The first-order chi connectivity index (χ1) is 10.2. The van der Waals surface area contributed by atoms with Crippen molar-refractivity contribution in [2.75, 3.05) is 7.11 Å². The largest absolute Gasteiger partial charge is 0.377 e. The van der Waals surface area contributed by atoms with Gasteiger partial charge in [-0.1, -0.05) is 0 Å². The highest BCUT2D eigenvalue weighted by Gasteiger charge is 2.16. The maximum Gasteiger partial charge on any atom is 0.183 e. The minimum absolute atomic E-state index is 0.358. The van der Waals surface area contributed by atoms with E-state index in [2.05, 4.69) is 20.2 Å². The number of hydrogen-bond acceptors (Lipinski definition) is 5. The molecule has 0 atom stereocenters. The fraction of sp³-hybridized carbons (Fsp3) is 0.286. The van der Waals surface area contributed by atoms with Gasteiger partial charge in [-0.3, -0.25) is 9.67 Å². The van der Waals surface area contributed by atoms with Crippen LogP contribution in [0.4, 0.5) is 0 Å². The molecule has 0 aliphatic rings. The first-order valence-corrected chi connectivity index (χ1v) is 6.55. The zero-order chi connectivity index (χ0) is 14.8. The Morgan fingerprint density at radius 2 is 1.95 bits per heavy atom. The number of ether oxygens (including phenoxy) is 1. The molecule has 21 heavy (non-hydrogen) atoms. The van der Waals surface area contributed by atoms with Gasteiger partial charge in [0, 0.05) is 32.2 Å². The lowest BCUT2D eigenvalue weighted by atomic mass is 10.3. The van der Waals surface area contributed by atoms with E-state index in [1.165, 1.54) is 0 Å². The highest BCUT2D eigenvalue weighted by molar-refractivity contribution is 5.53. The SMILES string of the molecule is COCc1nc(-c2cc(C)n(C)n2)n(-c2ccncc2)n1. The fourth-order valence-corrected chi connectivity index (χ4v) is 2.05. The van der Waals surface area contributed by atoms with Crippen LogP contribution in [0.15, 0.2) is 30.6 Å². The zero-order valence-electron chi connectivity index (χ0n) is 12.2. The molecular formula is C14H16N6O. The highest BCUT2D eigenvalue weighted by atomic mass is 16.5. The maximum atomic E-state index is 5.12. The number of aromatic nitrogens is 6. The molecule has 0 fully saturated rings. The van der Waals surface area contributed by atoms with Crippen LogP contribution >= 0.6 is 0 Å². The molecule has 7 nitrogen and oxygen atoms in total. The second-order valence-corrected chi connectivity index (χ2v) is 4.70. The first kappa shape index (κ1) is 13.4. The normalized spacial score (nSPS) is 11.0. The van der Waals surface area contributed by atoms with E-state index in [0.717, 1.165) is 17.1 Å². The monoisotopic (exact) mass is 284 g/mol. The van der Waals surface area contributed by atoms with Gasteiger partial charge in [0.2, 0.25) is 0 Å². The number of methoxy groups -OCH3 is 1. The van der Waals surface area contributed by atoms with Crippen LogP contribution in [0.1, 0.15) is 11.5 Å². The molecule has 3 heterocycles. The second-order valence-electron chi connectivity index (χ2n) is 4.70. The van der Waals surface area contributed by atoms with Crippen molar-refractivity contribution in [1.82, 2.24) is 29.5 Å². The smallest absolute Gasteiger partial charge is 0.183 e. The van der Waals surface area contributed by atoms with Crippen LogP contribution in [0, 0.1) is 6.92 Å². The van der Waals surface area contributed by atoms with Gasteiger partial charge < -0.3 is 4.74 Å². The van der Waals surface area contributed by atoms with Crippen molar-refractivity contribution in [2.45, 2.75) is 13.5 Å². The Balaban J connectivity index is 2.14. The van der Waals surface area contributed by atoms with Crippen LogP contribution in [0.2, 0.25) is 0 Å². The number of pyridine rings is 1. The number of hydrogen-bond donors (Lipinski definition) is 0. The molecule has 0 bridgehead atoms. The summed E-state index contributed by atoms with van der Waals surface area (Å²) in [7, 11) is 3.53. The predicted molar refractivity (Wildman–Crippen MR) is 76.8 cm³/mol. The summed E-state index contributed by atoms with van der Waals surface area (Å²) in [5.74, 6) is 1.31. The number of nitrogens with zero attached hydrogens (tertiary/aromatic N) is 6. The van der Waals surface area contributed by atoms with E-state index >= 15 is 0 Å². The third-order valence-corrected chi connectivity index (χ3v) is 3.17. The molecular weight excluding hydrogens is 268 g/mol. The van der Waals surface area contributed by atoms with E-state index in [9.17, 15) is 0 Å². The summed E-state index contributed by atoms with van der Waals surface area (Å²) >= 11 is 0. The molecule has 0 saturated heterocycles. The molecule has 0 aliphatic carbocycles. The zero-order valence-corrected chi connectivity index (χ0v) is 12.2. The second kappa shape index (κ2) is 5.45. The van der Waals surface area contributed by atoms with Crippen LogP contribution in [-0.4, -0.2) is 36.6 Å². The van der Waals surface area contributed by atoms with Crippen molar-refractivity contribution >= 4 is 0 Å². The molecule has 7 heteroatoms. The number of aryl methyl sites for hydroxylation is 2. The molecule has 0 unspecified atom stereocenters. The van der Waals surface area contributed by atoms with Crippen molar-refractivity contribution in [3.8, 4) is 17.2 Å². The Kier molecular flexibility index (Phi) is 3.49. The Morgan fingerprint density at radius 3 is 2.57 bits per heavy atom. The van der Waals surface area contributed by atoms with E-state index in [0.29, 0.717) is 18.3 Å². The van der Waals surface area contributed by atoms with Crippen LogP contribution < -0.4 is 0 Å². The van der Waals surface area contributed by atoms with Crippen molar-refractivity contribution in [3.05, 3.63) is 42.1 Å².